The predicted octanol–water partition coefficient (Wildman–Crippen LogP) is 3.49. The molecule has 0 spiro atoms. The van der Waals surface area contributed by atoms with Crippen LogP contribution in [0.15, 0.2) is 48.5 Å². The van der Waals surface area contributed by atoms with Crippen molar-refractivity contribution in [2.24, 2.45) is 5.73 Å². The fourth-order valence-corrected chi connectivity index (χ4v) is 2.42. The van der Waals surface area contributed by atoms with E-state index in [0.29, 0.717) is 18.5 Å². The van der Waals surface area contributed by atoms with Gasteiger partial charge < -0.3 is 16.4 Å². The van der Waals surface area contributed by atoms with Crippen molar-refractivity contribution < 1.29 is 22.8 Å². The fraction of sp³-hybridized carbons (Fsp3) is 0.263. The highest BCUT2D eigenvalue weighted by Gasteiger charge is 2.45. The highest BCUT2D eigenvalue weighted by Crippen LogP contribution is 2.33. The zero-order valence-electron chi connectivity index (χ0n) is 14.7. The lowest BCUT2D eigenvalue weighted by Gasteiger charge is -2.11. The molecule has 0 aliphatic heterocycles. The van der Waals surface area contributed by atoms with E-state index in [4.69, 9.17) is 5.73 Å². The molecule has 4 N–H and O–H groups in total. The van der Waals surface area contributed by atoms with Crippen molar-refractivity contribution in [3.8, 4) is 0 Å². The van der Waals surface area contributed by atoms with Crippen molar-refractivity contribution in [1.82, 2.24) is 5.32 Å². The number of benzene rings is 2. The van der Waals surface area contributed by atoms with Crippen LogP contribution < -0.4 is 16.4 Å². The van der Waals surface area contributed by atoms with Gasteiger partial charge >= 0.3 is 6.18 Å². The van der Waals surface area contributed by atoms with Gasteiger partial charge in [-0.2, -0.15) is 13.2 Å². The highest BCUT2D eigenvalue weighted by molar-refractivity contribution is 6.00. The van der Waals surface area contributed by atoms with E-state index < -0.39 is 23.2 Å². The third-order valence-corrected chi connectivity index (χ3v) is 4.38. The van der Waals surface area contributed by atoms with E-state index in [2.05, 4.69) is 10.6 Å². The maximum absolute atomic E-state index is 12.5. The van der Waals surface area contributed by atoms with Crippen LogP contribution in [0.4, 0.5) is 18.9 Å². The number of anilines is 1. The Bertz CT molecular complexity index is 848. The molecule has 150 valence electrons. The van der Waals surface area contributed by atoms with E-state index in [1.54, 1.807) is 24.3 Å². The van der Waals surface area contributed by atoms with Crippen molar-refractivity contribution in [2.75, 3.05) is 5.32 Å². The Balaban J connectivity index is 0.00000280. The third kappa shape index (κ3) is 5.24. The van der Waals surface area contributed by atoms with Crippen molar-refractivity contribution in [2.45, 2.75) is 31.1 Å². The van der Waals surface area contributed by atoms with E-state index in [1.165, 1.54) is 0 Å². The van der Waals surface area contributed by atoms with E-state index in [0.717, 1.165) is 29.8 Å². The minimum atomic E-state index is -4.44. The SMILES string of the molecule is Cl.NC1(C(=O)Nc2ccc(CNC(=O)c3ccc(C(F)(F)F)cc3)cc2)CC1. The van der Waals surface area contributed by atoms with Crippen molar-refractivity contribution in [3.63, 3.8) is 0 Å². The molecule has 0 saturated heterocycles. The average Bonchev–Trinajstić information content (AvgIpc) is 3.39. The molecular weight excluding hydrogens is 395 g/mol. The van der Waals surface area contributed by atoms with E-state index in [-0.39, 0.29) is 30.4 Å². The van der Waals surface area contributed by atoms with Crippen LogP contribution in [0.3, 0.4) is 0 Å². The quantitative estimate of drug-likeness (QED) is 0.701. The highest BCUT2D eigenvalue weighted by atomic mass is 35.5. The molecule has 0 atom stereocenters. The summed E-state index contributed by atoms with van der Waals surface area (Å²) in [6, 6.07) is 10.9. The second kappa shape index (κ2) is 8.20. The van der Waals surface area contributed by atoms with Gasteiger partial charge in [0, 0.05) is 17.8 Å². The van der Waals surface area contributed by atoms with Crippen molar-refractivity contribution >= 4 is 29.9 Å². The molecule has 2 aromatic rings. The summed E-state index contributed by atoms with van der Waals surface area (Å²) >= 11 is 0. The number of amides is 2. The fourth-order valence-electron chi connectivity index (χ4n) is 2.42. The summed E-state index contributed by atoms with van der Waals surface area (Å²) in [5.41, 5.74) is 5.79. The number of nitrogens with two attached hydrogens (primary N) is 1. The van der Waals surface area contributed by atoms with Crippen LogP contribution in [-0.2, 0) is 17.5 Å². The van der Waals surface area contributed by atoms with E-state index in [1.807, 2.05) is 0 Å². The van der Waals surface area contributed by atoms with Gasteiger partial charge in [-0.25, -0.2) is 0 Å². The second-order valence-corrected chi connectivity index (χ2v) is 6.56. The maximum atomic E-state index is 12.5. The molecule has 28 heavy (non-hydrogen) atoms. The molecule has 2 amide bonds. The summed E-state index contributed by atoms with van der Waals surface area (Å²) in [4.78, 5) is 23.9. The number of hydrogen-bond donors (Lipinski definition) is 3. The molecule has 1 fully saturated rings. The molecule has 0 heterocycles. The molecular formula is C19H19ClF3N3O2. The molecule has 1 aliphatic carbocycles. The molecule has 3 rings (SSSR count). The number of rotatable bonds is 5. The lowest BCUT2D eigenvalue weighted by atomic mass is 10.1. The summed E-state index contributed by atoms with van der Waals surface area (Å²) in [6.07, 6.45) is -3.09. The van der Waals surface area contributed by atoms with Crippen LogP contribution in [0, 0.1) is 0 Å². The van der Waals surface area contributed by atoms with Gasteiger partial charge in [0.05, 0.1) is 11.1 Å². The molecule has 1 aliphatic rings. The topological polar surface area (TPSA) is 84.2 Å². The van der Waals surface area contributed by atoms with Gasteiger partial charge in [0.2, 0.25) is 5.91 Å². The normalized spacial score (nSPS) is 14.6. The summed E-state index contributed by atoms with van der Waals surface area (Å²) in [6.45, 7) is 0.203. The summed E-state index contributed by atoms with van der Waals surface area (Å²) in [7, 11) is 0. The van der Waals surface area contributed by atoms with Gasteiger partial charge in [-0.05, 0) is 54.8 Å². The largest absolute Gasteiger partial charge is 0.416 e. The first kappa shape index (κ1) is 21.7. The lowest BCUT2D eigenvalue weighted by molar-refractivity contribution is -0.137. The number of carbonyl (C=O) groups is 2. The Labute approximate surface area is 165 Å². The predicted molar refractivity (Wildman–Crippen MR) is 101 cm³/mol. The number of alkyl halides is 3. The Morgan fingerprint density at radius 1 is 1.00 bits per heavy atom. The van der Waals surface area contributed by atoms with Crippen LogP contribution in [0.1, 0.15) is 34.3 Å². The summed E-state index contributed by atoms with van der Waals surface area (Å²) < 4.78 is 37.6. The van der Waals surface area contributed by atoms with Gasteiger partial charge in [-0.3, -0.25) is 9.59 Å². The van der Waals surface area contributed by atoms with Gasteiger partial charge in [-0.15, -0.1) is 12.4 Å². The minimum absolute atomic E-state index is 0. The van der Waals surface area contributed by atoms with Crippen LogP contribution in [0.25, 0.3) is 0 Å². The standard InChI is InChI=1S/C19H18F3N3O2.ClH/c20-19(21,22)14-5-3-13(4-6-14)16(26)24-11-12-1-7-15(8-2-12)25-17(27)18(23)9-10-18;/h1-8H,9-11,23H2,(H,24,26)(H,25,27);1H. The molecule has 0 bridgehead atoms. The lowest BCUT2D eigenvalue weighted by Crippen LogP contribution is -2.37. The third-order valence-electron chi connectivity index (χ3n) is 4.38. The first-order valence-corrected chi connectivity index (χ1v) is 8.32. The molecule has 9 heteroatoms. The summed E-state index contributed by atoms with van der Waals surface area (Å²) in [5.74, 6) is -0.689. The van der Waals surface area contributed by atoms with Gasteiger partial charge in [-0.1, -0.05) is 12.1 Å². The van der Waals surface area contributed by atoms with Crippen LogP contribution in [0.5, 0.6) is 0 Å². The molecule has 0 unspecified atom stereocenters. The van der Waals surface area contributed by atoms with Crippen LogP contribution >= 0.6 is 12.4 Å². The van der Waals surface area contributed by atoms with E-state index >= 15 is 0 Å². The number of carbonyl (C=O) groups excluding carboxylic acids is 2. The minimum Gasteiger partial charge on any atom is -0.348 e. The first-order valence-electron chi connectivity index (χ1n) is 8.32. The van der Waals surface area contributed by atoms with Crippen LogP contribution in [0.2, 0.25) is 0 Å². The molecule has 0 aromatic heterocycles. The molecule has 0 radical (unpaired) electrons. The van der Waals surface area contributed by atoms with Gasteiger partial charge in [0.25, 0.3) is 5.91 Å². The zero-order chi connectivity index (χ0) is 19.7. The number of halogens is 4. The maximum Gasteiger partial charge on any atom is 0.416 e. The Hall–Kier alpha value is -2.58. The van der Waals surface area contributed by atoms with Gasteiger partial charge in [0.15, 0.2) is 0 Å². The zero-order valence-corrected chi connectivity index (χ0v) is 15.5. The molecule has 5 nitrogen and oxygen atoms in total. The van der Waals surface area contributed by atoms with E-state index in [9.17, 15) is 22.8 Å². The number of nitrogens with one attached hydrogen (secondary N) is 2. The molecule has 2 aromatic carbocycles. The Morgan fingerprint density at radius 2 is 1.57 bits per heavy atom. The summed E-state index contributed by atoms with van der Waals surface area (Å²) in [5, 5.41) is 5.38. The van der Waals surface area contributed by atoms with Crippen molar-refractivity contribution in [3.05, 3.63) is 65.2 Å². The molecule has 1 saturated carbocycles. The van der Waals surface area contributed by atoms with Crippen molar-refractivity contribution in [1.29, 1.82) is 0 Å². The Morgan fingerprint density at radius 3 is 2.07 bits per heavy atom. The first-order chi connectivity index (χ1) is 12.7. The van der Waals surface area contributed by atoms with Gasteiger partial charge in [0.1, 0.15) is 0 Å². The Kier molecular flexibility index (Phi) is 6.36. The number of hydrogen-bond acceptors (Lipinski definition) is 3. The monoisotopic (exact) mass is 413 g/mol. The van der Waals surface area contributed by atoms with Crippen LogP contribution in [-0.4, -0.2) is 17.4 Å². The smallest absolute Gasteiger partial charge is 0.348 e. The average molecular weight is 414 g/mol. The second-order valence-electron chi connectivity index (χ2n) is 6.56.